The van der Waals surface area contributed by atoms with Crippen LogP contribution in [-0.2, 0) is 4.79 Å². The lowest BCUT2D eigenvalue weighted by Crippen LogP contribution is -2.32. The van der Waals surface area contributed by atoms with Crippen molar-refractivity contribution in [3.05, 3.63) is 57.5 Å². The van der Waals surface area contributed by atoms with Crippen LogP contribution in [0, 0.1) is 18.6 Å². The number of thioether (sulfide) groups is 1. The number of rotatable bonds is 2. The van der Waals surface area contributed by atoms with Crippen LogP contribution < -0.4 is 10.5 Å². The number of nitrogens with one attached hydrogen (secondary N) is 1. The van der Waals surface area contributed by atoms with Crippen molar-refractivity contribution in [1.82, 2.24) is 9.97 Å². The Hall–Kier alpha value is -2.22. The highest BCUT2D eigenvalue weighted by atomic mass is 32.2. The molecule has 0 radical (unpaired) electrons. The number of aromatic nitrogens is 2. The van der Waals surface area contributed by atoms with Gasteiger partial charge in [0.05, 0.1) is 11.3 Å². The third-order valence-corrected chi connectivity index (χ3v) is 4.38. The summed E-state index contributed by atoms with van der Waals surface area (Å²) in [5, 5.41) is -0.904. The summed E-state index contributed by atoms with van der Waals surface area (Å²) < 4.78 is 28.0. The minimum Gasteiger partial charge on any atom is -0.292 e. The lowest BCUT2D eigenvalue weighted by Gasteiger charge is -2.23. The van der Waals surface area contributed by atoms with Gasteiger partial charge in [0.1, 0.15) is 17.0 Å². The van der Waals surface area contributed by atoms with E-state index in [2.05, 4.69) is 9.97 Å². The molecule has 2 heterocycles. The molecule has 22 heavy (non-hydrogen) atoms. The van der Waals surface area contributed by atoms with Crippen molar-refractivity contribution in [3.8, 4) is 0 Å². The molecule has 1 saturated heterocycles. The molecule has 1 amide bonds. The molecule has 0 aliphatic carbocycles. The molecule has 114 valence electrons. The van der Waals surface area contributed by atoms with E-state index < -0.39 is 22.6 Å². The molecule has 0 saturated carbocycles. The van der Waals surface area contributed by atoms with E-state index in [-0.39, 0.29) is 23.2 Å². The standard InChI is InChI=1S/C14H11F2N3O2S/c1-7-5-10(20)18-14(17-7)19-11(21)6-22-13(19)12-8(15)3-2-4-9(12)16/h2-5,13H,6H2,1H3,(H,17,18,20). The number of anilines is 1. The van der Waals surface area contributed by atoms with Crippen molar-refractivity contribution in [2.24, 2.45) is 0 Å². The van der Waals surface area contributed by atoms with Crippen LogP contribution in [-0.4, -0.2) is 21.6 Å². The van der Waals surface area contributed by atoms with Crippen LogP contribution in [0.2, 0.25) is 0 Å². The Bertz CT molecular complexity index is 789. The molecule has 0 spiro atoms. The molecule has 1 aromatic heterocycles. The lowest BCUT2D eigenvalue weighted by molar-refractivity contribution is -0.115. The van der Waals surface area contributed by atoms with E-state index in [9.17, 15) is 18.4 Å². The summed E-state index contributed by atoms with van der Waals surface area (Å²) in [4.78, 5) is 31.3. The van der Waals surface area contributed by atoms with Crippen LogP contribution in [0.15, 0.2) is 29.1 Å². The van der Waals surface area contributed by atoms with Gasteiger partial charge in [-0.05, 0) is 19.1 Å². The van der Waals surface area contributed by atoms with Gasteiger partial charge in [0.2, 0.25) is 11.9 Å². The molecule has 1 aliphatic rings. The van der Waals surface area contributed by atoms with Crippen LogP contribution in [0.25, 0.3) is 0 Å². The summed E-state index contributed by atoms with van der Waals surface area (Å²) in [6, 6.07) is 4.79. The maximum Gasteiger partial charge on any atom is 0.252 e. The van der Waals surface area contributed by atoms with Gasteiger partial charge in [-0.25, -0.2) is 13.8 Å². The highest BCUT2D eigenvalue weighted by molar-refractivity contribution is 8.00. The lowest BCUT2D eigenvalue weighted by atomic mass is 10.2. The fourth-order valence-electron chi connectivity index (χ4n) is 2.29. The van der Waals surface area contributed by atoms with Gasteiger partial charge in [-0.15, -0.1) is 11.8 Å². The molecule has 1 aromatic carbocycles. The van der Waals surface area contributed by atoms with E-state index in [1.807, 2.05) is 0 Å². The maximum atomic E-state index is 14.0. The molecule has 2 aromatic rings. The van der Waals surface area contributed by atoms with Crippen molar-refractivity contribution >= 4 is 23.6 Å². The highest BCUT2D eigenvalue weighted by Gasteiger charge is 2.38. The molecular formula is C14H11F2N3O2S. The fraction of sp³-hybridized carbons (Fsp3) is 0.214. The number of carbonyl (C=O) groups excluding carboxylic acids is 1. The van der Waals surface area contributed by atoms with Crippen LogP contribution in [0.4, 0.5) is 14.7 Å². The van der Waals surface area contributed by atoms with Gasteiger partial charge in [0, 0.05) is 11.8 Å². The minimum absolute atomic E-state index is 0.00680. The van der Waals surface area contributed by atoms with Crippen molar-refractivity contribution in [1.29, 1.82) is 0 Å². The molecule has 8 heteroatoms. The number of aryl methyl sites for hydroxylation is 1. The molecule has 1 N–H and O–H groups in total. The zero-order chi connectivity index (χ0) is 15.9. The Labute approximate surface area is 128 Å². The van der Waals surface area contributed by atoms with E-state index in [1.165, 1.54) is 12.1 Å². The zero-order valence-corrected chi connectivity index (χ0v) is 12.3. The smallest absolute Gasteiger partial charge is 0.252 e. The monoisotopic (exact) mass is 323 g/mol. The average molecular weight is 323 g/mol. The largest absolute Gasteiger partial charge is 0.292 e. The number of nitrogens with zero attached hydrogens (tertiary/aromatic N) is 2. The zero-order valence-electron chi connectivity index (χ0n) is 11.5. The second kappa shape index (κ2) is 5.53. The van der Waals surface area contributed by atoms with Crippen molar-refractivity contribution in [3.63, 3.8) is 0 Å². The first-order chi connectivity index (χ1) is 10.5. The first-order valence-electron chi connectivity index (χ1n) is 6.43. The minimum atomic E-state index is -0.904. The second-order valence-electron chi connectivity index (χ2n) is 4.77. The van der Waals surface area contributed by atoms with E-state index in [4.69, 9.17) is 0 Å². The number of hydrogen-bond acceptors (Lipinski definition) is 4. The van der Waals surface area contributed by atoms with Gasteiger partial charge >= 0.3 is 0 Å². The Kier molecular flexibility index (Phi) is 3.69. The van der Waals surface area contributed by atoms with Crippen molar-refractivity contribution < 1.29 is 13.6 Å². The van der Waals surface area contributed by atoms with Gasteiger partial charge in [0.25, 0.3) is 5.56 Å². The van der Waals surface area contributed by atoms with Gasteiger partial charge in [-0.3, -0.25) is 19.5 Å². The summed E-state index contributed by atoms with van der Waals surface area (Å²) in [5.74, 6) is -1.81. The molecule has 1 atom stereocenters. The van der Waals surface area contributed by atoms with E-state index in [0.717, 1.165) is 28.8 Å². The molecular weight excluding hydrogens is 312 g/mol. The summed E-state index contributed by atoms with van der Waals surface area (Å²) >= 11 is 1.08. The van der Waals surface area contributed by atoms with Gasteiger partial charge in [-0.1, -0.05) is 6.07 Å². The first-order valence-corrected chi connectivity index (χ1v) is 7.48. The maximum absolute atomic E-state index is 14.0. The van der Waals surface area contributed by atoms with Crippen LogP contribution in [0.5, 0.6) is 0 Å². The second-order valence-corrected chi connectivity index (χ2v) is 5.84. The number of halogens is 2. The Morgan fingerprint density at radius 2 is 2.00 bits per heavy atom. The highest BCUT2D eigenvalue weighted by Crippen LogP contribution is 2.42. The number of amides is 1. The molecule has 1 unspecified atom stereocenters. The molecule has 1 aliphatic heterocycles. The quantitative estimate of drug-likeness (QED) is 0.919. The van der Waals surface area contributed by atoms with Gasteiger partial charge < -0.3 is 0 Å². The third-order valence-electron chi connectivity index (χ3n) is 3.20. The predicted octanol–water partition coefficient (Wildman–Crippen LogP) is 2.14. The summed E-state index contributed by atoms with van der Waals surface area (Å²) in [7, 11) is 0. The summed E-state index contributed by atoms with van der Waals surface area (Å²) in [5.41, 5.74) is -0.237. The number of aromatic amines is 1. The SMILES string of the molecule is Cc1cc(=O)[nH]c(N2C(=O)CSC2c2c(F)cccc2F)n1. The third kappa shape index (κ3) is 2.50. The number of benzene rings is 1. The van der Waals surface area contributed by atoms with Gasteiger partial charge in [-0.2, -0.15) is 0 Å². The number of H-pyrrole nitrogens is 1. The predicted molar refractivity (Wildman–Crippen MR) is 78.6 cm³/mol. The first kappa shape index (κ1) is 14.7. The van der Waals surface area contributed by atoms with Crippen LogP contribution in [0.3, 0.4) is 0 Å². The topological polar surface area (TPSA) is 66.1 Å². The fourth-order valence-corrected chi connectivity index (χ4v) is 3.49. The Morgan fingerprint density at radius 1 is 1.32 bits per heavy atom. The van der Waals surface area contributed by atoms with E-state index in [1.54, 1.807) is 6.92 Å². The number of hydrogen-bond donors (Lipinski definition) is 1. The van der Waals surface area contributed by atoms with Crippen molar-refractivity contribution in [2.45, 2.75) is 12.3 Å². The van der Waals surface area contributed by atoms with E-state index in [0.29, 0.717) is 5.69 Å². The molecule has 1 fully saturated rings. The van der Waals surface area contributed by atoms with Crippen molar-refractivity contribution in [2.75, 3.05) is 10.7 Å². The normalized spacial score (nSPS) is 18.0. The van der Waals surface area contributed by atoms with E-state index >= 15 is 0 Å². The molecule has 0 bridgehead atoms. The molecule has 3 rings (SSSR count). The number of carbonyl (C=O) groups is 1. The summed E-state index contributed by atoms with van der Waals surface area (Å²) in [6.45, 7) is 1.60. The Balaban J connectivity index is 2.12. The molecule has 5 nitrogen and oxygen atoms in total. The average Bonchev–Trinajstić information content (AvgIpc) is 2.79. The van der Waals surface area contributed by atoms with Gasteiger partial charge in [0.15, 0.2) is 0 Å². The summed E-state index contributed by atoms with van der Waals surface area (Å²) in [6.07, 6.45) is 0. The van der Waals surface area contributed by atoms with Crippen LogP contribution >= 0.6 is 11.8 Å². The Morgan fingerprint density at radius 3 is 2.64 bits per heavy atom. The van der Waals surface area contributed by atoms with Crippen LogP contribution in [0.1, 0.15) is 16.6 Å².